The molecule has 0 radical (unpaired) electrons. The van der Waals surface area contributed by atoms with Gasteiger partial charge in [0, 0.05) is 5.92 Å². The monoisotopic (exact) mass is 524 g/mol. The fourth-order valence-electron chi connectivity index (χ4n) is 5.41. The SMILES string of the molecule is CCC12COC(C3CCC(c4ccc(C=Cc5ccc(C(F)(F)OC(F)(F)F)cc5)cc4)CC3)(OC1)O2. The van der Waals surface area contributed by atoms with E-state index in [1.807, 2.05) is 18.2 Å². The molecule has 3 fully saturated rings. The first kappa shape index (κ1) is 26.3. The Morgan fingerprint density at radius 1 is 0.838 bits per heavy atom. The molecule has 5 rings (SSSR count). The van der Waals surface area contributed by atoms with E-state index in [1.165, 1.54) is 17.7 Å². The molecule has 9 heteroatoms. The molecule has 1 saturated carbocycles. The summed E-state index contributed by atoms with van der Waals surface area (Å²) < 4.78 is 84.9. The molecule has 0 spiro atoms. The molecule has 200 valence electrons. The van der Waals surface area contributed by atoms with Gasteiger partial charge < -0.3 is 14.2 Å². The van der Waals surface area contributed by atoms with Gasteiger partial charge in [-0.2, -0.15) is 8.78 Å². The quantitative estimate of drug-likeness (QED) is 0.276. The summed E-state index contributed by atoms with van der Waals surface area (Å²) in [5.41, 5.74) is 1.61. The molecular weight excluding hydrogens is 495 g/mol. The summed E-state index contributed by atoms with van der Waals surface area (Å²) in [6.07, 6.45) is -1.49. The fraction of sp³-hybridized carbons (Fsp3) is 0.500. The van der Waals surface area contributed by atoms with E-state index in [-0.39, 0.29) is 11.5 Å². The maximum Gasteiger partial charge on any atom is 0.527 e. The van der Waals surface area contributed by atoms with Gasteiger partial charge in [0.15, 0.2) is 0 Å². The molecular formula is C28H29F5O4. The van der Waals surface area contributed by atoms with Gasteiger partial charge in [-0.25, -0.2) is 4.74 Å². The molecule has 2 aliphatic heterocycles. The van der Waals surface area contributed by atoms with E-state index in [4.69, 9.17) is 14.2 Å². The highest BCUT2D eigenvalue weighted by atomic mass is 19.4. The van der Waals surface area contributed by atoms with Gasteiger partial charge >= 0.3 is 12.5 Å². The Labute approximate surface area is 212 Å². The average Bonchev–Trinajstić information content (AvgIpc) is 3.45. The molecule has 0 atom stereocenters. The van der Waals surface area contributed by atoms with E-state index < -0.39 is 24.0 Å². The highest BCUT2D eigenvalue weighted by molar-refractivity contribution is 5.69. The number of ether oxygens (including phenoxy) is 4. The lowest BCUT2D eigenvalue weighted by Crippen LogP contribution is -2.42. The number of halogens is 5. The van der Waals surface area contributed by atoms with Gasteiger partial charge in [0.25, 0.3) is 5.97 Å². The van der Waals surface area contributed by atoms with Crippen molar-refractivity contribution in [2.24, 2.45) is 5.92 Å². The predicted molar refractivity (Wildman–Crippen MR) is 126 cm³/mol. The molecule has 2 aromatic carbocycles. The number of benzene rings is 2. The van der Waals surface area contributed by atoms with Crippen molar-refractivity contribution in [3.63, 3.8) is 0 Å². The van der Waals surface area contributed by atoms with Crippen LogP contribution in [0.5, 0.6) is 0 Å². The fourth-order valence-corrected chi connectivity index (χ4v) is 5.41. The van der Waals surface area contributed by atoms with E-state index >= 15 is 0 Å². The van der Waals surface area contributed by atoms with Crippen LogP contribution in [0.3, 0.4) is 0 Å². The first-order chi connectivity index (χ1) is 17.5. The summed E-state index contributed by atoms with van der Waals surface area (Å²) in [5, 5.41) is 0. The molecule has 37 heavy (non-hydrogen) atoms. The Kier molecular flexibility index (Phi) is 6.94. The normalized spacial score (nSPS) is 30.3. The van der Waals surface area contributed by atoms with Crippen molar-refractivity contribution in [2.75, 3.05) is 13.2 Å². The van der Waals surface area contributed by atoms with Crippen LogP contribution >= 0.6 is 0 Å². The second kappa shape index (κ2) is 9.76. The second-order valence-corrected chi connectivity index (χ2v) is 10.1. The summed E-state index contributed by atoms with van der Waals surface area (Å²) in [6, 6.07) is 12.7. The topological polar surface area (TPSA) is 36.9 Å². The average molecular weight is 525 g/mol. The third-order valence-electron chi connectivity index (χ3n) is 7.67. The summed E-state index contributed by atoms with van der Waals surface area (Å²) in [6.45, 7) is 3.29. The van der Waals surface area contributed by atoms with E-state index in [1.54, 1.807) is 6.08 Å². The van der Waals surface area contributed by atoms with Crippen LogP contribution < -0.4 is 0 Å². The summed E-state index contributed by atoms with van der Waals surface area (Å²) in [4.78, 5) is 0. The molecule has 2 saturated heterocycles. The zero-order valence-electron chi connectivity index (χ0n) is 20.4. The highest BCUT2D eigenvalue weighted by Crippen LogP contribution is 2.51. The van der Waals surface area contributed by atoms with Crippen LogP contribution in [0.2, 0.25) is 0 Å². The maximum atomic E-state index is 13.6. The number of fused-ring (bicyclic) bond motifs is 2. The van der Waals surface area contributed by atoms with Gasteiger partial charge in [-0.05, 0) is 66.8 Å². The Hall–Kier alpha value is -2.33. The smallest absolute Gasteiger partial charge is 0.324 e. The highest BCUT2D eigenvalue weighted by Gasteiger charge is 2.61. The first-order valence-corrected chi connectivity index (χ1v) is 12.5. The Morgan fingerprint density at radius 2 is 1.38 bits per heavy atom. The Bertz CT molecular complexity index is 1090. The maximum absolute atomic E-state index is 13.6. The zero-order valence-corrected chi connectivity index (χ0v) is 20.4. The predicted octanol–water partition coefficient (Wildman–Crippen LogP) is 7.60. The Balaban J connectivity index is 1.15. The van der Waals surface area contributed by atoms with Crippen molar-refractivity contribution >= 4 is 12.2 Å². The molecule has 3 aliphatic rings. The van der Waals surface area contributed by atoms with Crippen LogP contribution in [0.25, 0.3) is 12.2 Å². The van der Waals surface area contributed by atoms with Gasteiger partial charge in [0.2, 0.25) is 0 Å². The minimum Gasteiger partial charge on any atom is -0.324 e. The molecule has 0 aromatic heterocycles. The third-order valence-corrected chi connectivity index (χ3v) is 7.67. The van der Waals surface area contributed by atoms with Crippen molar-refractivity contribution < 1.29 is 40.9 Å². The standard InChI is InChI=1S/C28H29F5O4/c1-2-25-17-34-27(36-25,35-18-25)24-15-11-22(12-16-24)21-9-5-19(6-10-21)3-4-20-7-13-23(14-8-20)26(29,30)37-28(31,32)33/h3-10,13-14,22,24H,2,11-12,15-18H2,1H3. The van der Waals surface area contributed by atoms with Crippen molar-refractivity contribution in [1.29, 1.82) is 0 Å². The van der Waals surface area contributed by atoms with Gasteiger partial charge in [0.1, 0.15) is 5.60 Å². The number of rotatable bonds is 7. The molecule has 2 bridgehead atoms. The molecule has 0 amide bonds. The van der Waals surface area contributed by atoms with E-state index in [9.17, 15) is 22.0 Å². The summed E-state index contributed by atoms with van der Waals surface area (Å²) in [7, 11) is 0. The van der Waals surface area contributed by atoms with Gasteiger partial charge in [-0.15, -0.1) is 13.2 Å². The summed E-state index contributed by atoms with van der Waals surface area (Å²) in [5.74, 6) is -0.194. The van der Waals surface area contributed by atoms with E-state index in [0.29, 0.717) is 24.7 Å². The number of hydrogen-bond acceptors (Lipinski definition) is 4. The molecule has 1 aliphatic carbocycles. The lowest BCUT2D eigenvalue weighted by Gasteiger charge is -2.37. The van der Waals surface area contributed by atoms with Crippen LogP contribution in [0.1, 0.15) is 67.2 Å². The van der Waals surface area contributed by atoms with E-state index in [0.717, 1.165) is 49.8 Å². The van der Waals surface area contributed by atoms with Crippen molar-refractivity contribution in [1.82, 2.24) is 0 Å². The van der Waals surface area contributed by atoms with Crippen LogP contribution in [-0.4, -0.2) is 31.2 Å². The largest absolute Gasteiger partial charge is 0.527 e. The zero-order chi connectivity index (χ0) is 26.3. The lowest BCUT2D eigenvalue weighted by molar-refractivity contribution is -0.431. The van der Waals surface area contributed by atoms with Gasteiger partial charge in [-0.1, -0.05) is 55.5 Å². The lowest BCUT2D eigenvalue weighted by atomic mass is 9.77. The van der Waals surface area contributed by atoms with Crippen LogP contribution in [0, 0.1) is 5.92 Å². The second-order valence-electron chi connectivity index (χ2n) is 10.1. The minimum atomic E-state index is -5.43. The molecule has 2 heterocycles. The van der Waals surface area contributed by atoms with Crippen LogP contribution in [-0.2, 0) is 25.1 Å². The van der Waals surface area contributed by atoms with Crippen LogP contribution in [0.15, 0.2) is 48.5 Å². The number of alkyl halides is 5. The third kappa shape index (κ3) is 5.60. The van der Waals surface area contributed by atoms with Crippen molar-refractivity contribution in [3.8, 4) is 0 Å². The van der Waals surface area contributed by atoms with E-state index in [2.05, 4.69) is 23.8 Å². The molecule has 0 unspecified atom stereocenters. The minimum absolute atomic E-state index is 0.230. The summed E-state index contributed by atoms with van der Waals surface area (Å²) >= 11 is 0. The van der Waals surface area contributed by atoms with Crippen molar-refractivity contribution in [2.45, 2.75) is 69.0 Å². The van der Waals surface area contributed by atoms with Gasteiger partial charge in [-0.3, -0.25) is 0 Å². The van der Waals surface area contributed by atoms with Crippen molar-refractivity contribution in [3.05, 3.63) is 70.8 Å². The Morgan fingerprint density at radius 3 is 1.86 bits per heavy atom. The first-order valence-electron chi connectivity index (χ1n) is 12.5. The molecule has 4 nitrogen and oxygen atoms in total. The number of hydrogen-bond donors (Lipinski definition) is 0. The van der Waals surface area contributed by atoms with Gasteiger partial charge in [0.05, 0.1) is 18.8 Å². The molecule has 2 aromatic rings. The molecule has 0 N–H and O–H groups in total. The van der Waals surface area contributed by atoms with Crippen LogP contribution in [0.4, 0.5) is 22.0 Å².